The maximum atomic E-state index is 13.2. The number of ketones is 2. The average Bonchev–Trinajstić information content (AvgIpc) is 2.77. The van der Waals surface area contributed by atoms with E-state index in [4.69, 9.17) is 0 Å². The first-order valence-electron chi connectivity index (χ1n) is 10.9. The number of nitrogens with zero attached hydrogens (tertiary/aromatic N) is 2. The number of fused-ring (bicyclic) bond motifs is 4. The second-order valence-electron chi connectivity index (χ2n) is 9.15. The Hall–Kier alpha value is -3.42. The molecule has 164 valence electrons. The van der Waals surface area contributed by atoms with Crippen LogP contribution in [-0.2, 0) is 20.4 Å². The summed E-state index contributed by atoms with van der Waals surface area (Å²) in [7, 11) is 0. The van der Waals surface area contributed by atoms with Gasteiger partial charge in [-0.2, -0.15) is 0 Å². The monoisotopic (exact) mass is 434 g/mol. The molecule has 8 nitrogen and oxygen atoms in total. The SMILES string of the molecule is O=C1CCC[C@]2(c3ccc([N+](=O)[O-])cc3)[C@H]1[C@H]1C(=O)CCC[C@@]12c1ccc([N+](=O)[O-])cc1. The van der Waals surface area contributed by atoms with Gasteiger partial charge in [-0.25, -0.2) is 0 Å². The number of Topliss-reactive ketones (excluding diaryl/α,β-unsaturated/α-hetero) is 2. The van der Waals surface area contributed by atoms with E-state index >= 15 is 0 Å². The summed E-state index contributed by atoms with van der Waals surface area (Å²) in [5.74, 6) is -0.763. The summed E-state index contributed by atoms with van der Waals surface area (Å²) in [4.78, 5) is 47.8. The second-order valence-corrected chi connectivity index (χ2v) is 9.15. The normalized spacial score (nSPS) is 31.2. The lowest BCUT2D eigenvalue weighted by molar-refractivity contribution is -0.385. The Morgan fingerprint density at radius 3 is 1.31 bits per heavy atom. The molecule has 3 aliphatic carbocycles. The summed E-state index contributed by atoms with van der Waals surface area (Å²) >= 11 is 0. The Labute approximate surface area is 183 Å². The molecule has 0 saturated heterocycles. The molecule has 4 atom stereocenters. The second kappa shape index (κ2) is 7.05. The number of carbonyl (C=O) groups excluding carboxylic acids is 2. The number of nitro benzene ring substituents is 2. The largest absolute Gasteiger partial charge is 0.299 e. The zero-order chi connectivity index (χ0) is 22.7. The third kappa shape index (κ3) is 2.49. The van der Waals surface area contributed by atoms with E-state index in [1.165, 1.54) is 24.3 Å². The van der Waals surface area contributed by atoms with Crippen molar-refractivity contribution >= 4 is 22.9 Å². The highest BCUT2D eigenvalue weighted by Gasteiger charge is 2.76. The number of hydrogen-bond acceptors (Lipinski definition) is 6. The molecule has 2 aromatic carbocycles. The van der Waals surface area contributed by atoms with Crippen molar-refractivity contribution in [3.63, 3.8) is 0 Å². The molecule has 0 radical (unpaired) electrons. The molecule has 0 unspecified atom stereocenters. The van der Waals surface area contributed by atoms with Gasteiger partial charge in [-0.1, -0.05) is 24.3 Å². The maximum absolute atomic E-state index is 13.2. The number of carbonyl (C=O) groups is 2. The van der Waals surface area contributed by atoms with Crippen molar-refractivity contribution in [2.45, 2.75) is 49.4 Å². The molecule has 0 aliphatic heterocycles. The quantitative estimate of drug-likeness (QED) is 0.518. The third-order valence-electron chi connectivity index (χ3n) is 8.06. The van der Waals surface area contributed by atoms with Crippen LogP contribution >= 0.6 is 0 Å². The minimum absolute atomic E-state index is 0.0242. The molecular weight excluding hydrogens is 412 g/mol. The van der Waals surface area contributed by atoms with Crippen molar-refractivity contribution < 1.29 is 19.4 Å². The first-order chi connectivity index (χ1) is 15.3. The summed E-state index contributed by atoms with van der Waals surface area (Å²) in [5.41, 5.74) is 0.339. The van der Waals surface area contributed by atoms with Crippen molar-refractivity contribution in [1.29, 1.82) is 0 Å². The van der Waals surface area contributed by atoms with Gasteiger partial charge >= 0.3 is 0 Å². The summed E-state index contributed by atoms with van der Waals surface area (Å²) in [5, 5.41) is 22.4. The smallest absolute Gasteiger partial charge is 0.269 e. The van der Waals surface area contributed by atoms with Gasteiger partial charge in [0.15, 0.2) is 0 Å². The van der Waals surface area contributed by atoms with Crippen LogP contribution in [0.2, 0.25) is 0 Å². The lowest BCUT2D eigenvalue weighted by atomic mass is 9.29. The van der Waals surface area contributed by atoms with E-state index in [1.807, 2.05) is 0 Å². The highest BCUT2D eigenvalue weighted by atomic mass is 16.6. The topological polar surface area (TPSA) is 120 Å². The van der Waals surface area contributed by atoms with Crippen molar-refractivity contribution in [2.75, 3.05) is 0 Å². The van der Waals surface area contributed by atoms with E-state index in [0.717, 1.165) is 11.1 Å². The Kier molecular flexibility index (Phi) is 4.51. The summed E-state index contributed by atoms with van der Waals surface area (Å²) < 4.78 is 0. The van der Waals surface area contributed by atoms with Crippen molar-refractivity contribution in [2.24, 2.45) is 11.8 Å². The van der Waals surface area contributed by atoms with E-state index in [0.29, 0.717) is 38.5 Å². The van der Waals surface area contributed by atoms with Crippen LogP contribution in [0.25, 0.3) is 0 Å². The third-order valence-corrected chi connectivity index (χ3v) is 8.06. The molecule has 3 fully saturated rings. The maximum Gasteiger partial charge on any atom is 0.269 e. The molecular formula is C24H22N2O6. The molecule has 3 aliphatic rings. The zero-order valence-electron chi connectivity index (χ0n) is 17.4. The Bertz CT molecular complexity index is 1050. The first-order valence-corrected chi connectivity index (χ1v) is 10.9. The van der Waals surface area contributed by atoms with Gasteiger partial charge in [-0.15, -0.1) is 0 Å². The number of non-ortho nitro benzene ring substituents is 2. The van der Waals surface area contributed by atoms with Crippen LogP contribution in [-0.4, -0.2) is 21.4 Å². The molecule has 0 aromatic heterocycles. The average molecular weight is 434 g/mol. The van der Waals surface area contributed by atoms with Crippen LogP contribution in [0, 0.1) is 32.1 Å². The number of rotatable bonds is 4. The highest BCUT2D eigenvalue weighted by molar-refractivity contribution is 5.97. The van der Waals surface area contributed by atoms with Crippen LogP contribution in [0.3, 0.4) is 0 Å². The minimum atomic E-state index is -0.645. The standard InChI is InChI=1S/C24H22N2O6/c27-19-3-1-13-23(15-5-9-17(10-6-15)25(29)30)21(19)22-20(28)4-2-14-24(22,23)16-7-11-18(12-8-16)26(31)32/h5-12,21-22H,1-4,13-14H2/t21-,22-,23-,24+/m1/s1. The van der Waals surface area contributed by atoms with Crippen LogP contribution in [0.5, 0.6) is 0 Å². The van der Waals surface area contributed by atoms with Crippen LogP contribution < -0.4 is 0 Å². The van der Waals surface area contributed by atoms with Crippen LogP contribution in [0.15, 0.2) is 48.5 Å². The fourth-order valence-electron chi connectivity index (χ4n) is 7.02. The highest BCUT2D eigenvalue weighted by Crippen LogP contribution is 2.73. The van der Waals surface area contributed by atoms with E-state index < -0.39 is 32.5 Å². The zero-order valence-corrected chi connectivity index (χ0v) is 17.4. The molecule has 0 heterocycles. The van der Waals surface area contributed by atoms with E-state index in [2.05, 4.69) is 0 Å². The van der Waals surface area contributed by atoms with E-state index in [9.17, 15) is 29.8 Å². The molecule has 3 saturated carbocycles. The van der Waals surface area contributed by atoms with Crippen molar-refractivity contribution in [3.05, 3.63) is 79.9 Å². The Balaban J connectivity index is 1.73. The van der Waals surface area contributed by atoms with Gasteiger partial charge in [0.05, 0.1) is 9.85 Å². The minimum Gasteiger partial charge on any atom is -0.299 e. The summed E-state index contributed by atoms with van der Waals surface area (Å²) in [6, 6.07) is 12.8. The van der Waals surface area contributed by atoms with Gasteiger partial charge in [-0.05, 0) is 36.8 Å². The molecule has 0 bridgehead atoms. The van der Waals surface area contributed by atoms with Gasteiger partial charge in [-0.3, -0.25) is 29.8 Å². The number of nitro groups is 2. The summed E-state index contributed by atoms with van der Waals surface area (Å²) in [6.07, 6.45) is 3.62. The molecule has 0 amide bonds. The van der Waals surface area contributed by atoms with Crippen molar-refractivity contribution in [3.8, 4) is 0 Å². The van der Waals surface area contributed by atoms with Crippen LogP contribution in [0.4, 0.5) is 11.4 Å². The summed E-state index contributed by atoms with van der Waals surface area (Å²) in [6.45, 7) is 0. The van der Waals surface area contributed by atoms with Gasteiger partial charge in [0.1, 0.15) is 11.6 Å². The lowest BCUT2D eigenvalue weighted by Crippen LogP contribution is -2.76. The van der Waals surface area contributed by atoms with Gasteiger partial charge in [0.25, 0.3) is 11.4 Å². The van der Waals surface area contributed by atoms with Gasteiger partial charge in [0.2, 0.25) is 0 Å². The fraction of sp³-hybridized carbons (Fsp3) is 0.417. The molecule has 0 spiro atoms. The number of benzene rings is 2. The molecule has 5 rings (SSSR count). The molecule has 8 heteroatoms. The molecule has 32 heavy (non-hydrogen) atoms. The van der Waals surface area contributed by atoms with Gasteiger partial charge in [0, 0.05) is 59.8 Å². The van der Waals surface area contributed by atoms with Crippen LogP contribution in [0.1, 0.15) is 49.7 Å². The van der Waals surface area contributed by atoms with Crippen molar-refractivity contribution in [1.82, 2.24) is 0 Å². The first kappa shape index (κ1) is 20.5. The van der Waals surface area contributed by atoms with Gasteiger partial charge < -0.3 is 0 Å². The predicted octanol–water partition coefficient (Wildman–Crippen LogP) is 4.43. The predicted molar refractivity (Wildman–Crippen MR) is 114 cm³/mol. The fourth-order valence-corrected chi connectivity index (χ4v) is 7.02. The lowest BCUT2D eigenvalue weighted by Gasteiger charge is -2.72. The number of hydrogen-bond donors (Lipinski definition) is 0. The van der Waals surface area contributed by atoms with E-state index in [1.54, 1.807) is 24.3 Å². The molecule has 0 N–H and O–H groups in total. The molecule has 2 aromatic rings. The Morgan fingerprint density at radius 1 is 0.656 bits per heavy atom. The Morgan fingerprint density at radius 2 is 1.00 bits per heavy atom. The van der Waals surface area contributed by atoms with E-state index in [-0.39, 0.29) is 22.9 Å².